The molecular weight excluding hydrogens is 434 g/mol. The molecule has 2 heterocycles. The number of hydrogen-bond donors (Lipinski definition) is 3. The number of H-pyrrole nitrogens is 1. The van der Waals surface area contributed by atoms with Crippen molar-refractivity contribution in [2.24, 2.45) is 5.92 Å². The van der Waals surface area contributed by atoms with Crippen molar-refractivity contribution in [3.05, 3.63) is 48.0 Å². The highest BCUT2D eigenvalue weighted by Crippen LogP contribution is 2.33. The van der Waals surface area contributed by atoms with Crippen molar-refractivity contribution in [1.82, 2.24) is 25.8 Å². The van der Waals surface area contributed by atoms with Gasteiger partial charge >= 0.3 is 0 Å². The maximum absolute atomic E-state index is 12.7. The topological polar surface area (TPSA) is 122 Å². The first-order valence-electron chi connectivity index (χ1n) is 11.7. The molecule has 1 saturated carbocycles. The Kier molecular flexibility index (Phi) is 7.42. The number of nitrogens with one attached hydrogen (secondary N) is 3. The van der Waals surface area contributed by atoms with E-state index < -0.39 is 0 Å². The van der Waals surface area contributed by atoms with E-state index >= 15 is 0 Å². The van der Waals surface area contributed by atoms with E-state index in [-0.39, 0.29) is 29.7 Å². The summed E-state index contributed by atoms with van der Waals surface area (Å²) in [4.78, 5) is 29.4. The van der Waals surface area contributed by atoms with Crippen molar-refractivity contribution in [3.8, 4) is 22.7 Å². The van der Waals surface area contributed by atoms with Gasteiger partial charge in [0.1, 0.15) is 0 Å². The van der Waals surface area contributed by atoms with Gasteiger partial charge in [0.2, 0.25) is 11.7 Å². The van der Waals surface area contributed by atoms with Crippen LogP contribution >= 0.6 is 0 Å². The van der Waals surface area contributed by atoms with Gasteiger partial charge < -0.3 is 19.8 Å². The van der Waals surface area contributed by atoms with E-state index in [1.165, 1.54) is 6.20 Å². The fraction of sp³-hybridized carbons (Fsp3) is 0.440. The van der Waals surface area contributed by atoms with Crippen LogP contribution in [-0.4, -0.2) is 52.8 Å². The number of aromatic nitrogens is 3. The van der Waals surface area contributed by atoms with E-state index in [9.17, 15) is 9.59 Å². The Labute approximate surface area is 198 Å². The molecular formula is C25H31N5O4. The Morgan fingerprint density at radius 3 is 2.62 bits per heavy atom. The predicted octanol–water partition coefficient (Wildman–Crippen LogP) is 3.80. The highest BCUT2D eigenvalue weighted by atomic mass is 16.5. The molecule has 9 heteroatoms. The lowest BCUT2D eigenvalue weighted by Crippen LogP contribution is -2.39. The van der Waals surface area contributed by atoms with Crippen LogP contribution in [0.1, 0.15) is 60.6 Å². The van der Waals surface area contributed by atoms with E-state index in [4.69, 9.17) is 9.15 Å². The van der Waals surface area contributed by atoms with Gasteiger partial charge in [-0.05, 0) is 49.8 Å². The average molecular weight is 466 g/mol. The molecule has 0 radical (unpaired) electrons. The minimum absolute atomic E-state index is 0.00216. The van der Waals surface area contributed by atoms with Crippen molar-refractivity contribution in [3.63, 3.8) is 0 Å². The molecule has 3 N–H and O–H groups in total. The van der Waals surface area contributed by atoms with Crippen LogP contribution in [0, 0.1) is 5.92 Å². The van der Waals surface area contributed by atoms with Crippen LogP contribution in [0.15, 0.2) is 40.9 Å². The maximum atomic E-state index is 12.7. The lowest BCUT2D eigenvalue weighted by Gasteiger charge is -2.16. The number of hydrogen-bond acceptors (Lipinski definition) is 6. The fourth-order valence-corrected chi connectivity index (χ4v) is 3.88. The zero-order valence-corrected chi connectivity index (χ0v) is 19.8. The summed E-state index contributed by atoms with van der Waals surface area (Å²) in [5.74, 6) is 0.496. The smallest absolute Gasteiger partial charge is 0.288 e. The molecule has 1 aliphatic carbocycles. The molecule has 0 spiro atoms. The quantitative estimate of drug-likeness (QED) is 0.396. The van der Waals surface area contributed by atoms with Crippen LogP contribution in [-0.2, 0) is 4.74 Å². The average Bonchev–Trinajstić information content (AvgIpc) is 3.36. The lowest BCUT2D eigenvalue weighted by molar-refractivity contribution is 0.0877. The van der Waals surface area contributed by atoms with Crippen molar-refractivity contribution < 1.29 is 18.7 Å². The van der Waals surface area contributed by atoms with E-state index in [1.807, 2.05) is 38.1 Å². The van der Waals surface area contributed by atoms with E-state index in [0.29, 0.717) is 35.4 Å². The first kappa shape index (κ1) is 23.7. The molecule has 4 rings (SSSR count). The highest BCUT2D eigenvalue weighted by Gasteiger charge is 2.32. The number of rotatable bonds is 11. The van der Waals surface area contributed by atoms with Crippen LogP contribution in [0.2, 0.25) is 0 Å². The van der Waals surface area contributed by atoms with Gasteiger partial charge in [0.25, 0.3) is 11.8 Å². The SMILES string of the molecule is CCC(CC)NC(=O)c1cnc(-c2cccc(-c3cc(C(=O)NC(COC)C4CC4)n[nH]3)c2)o1. The molecule has 1 atom stereocenters. The summed E-state index contributed by atoms with van der Waals surface area (Å²) in [6.07, 6.45) is 5.35. The summed E-state index contributed by atoms with van der Waals surface area (Å²) in [7, 11) is 1.64. The number of methoxy groups -OCH3 is 1. The lowest BCUT2D eigenvalue weighted by atomic mass is 10.1. The monoisotopic (exact) mass is 465 g/mol. The molecule has 0 saturated heterocycles. The standard InChI is InChI=1S/C25H31N5O4/c1-4-18(5-2)27-24(32)22-13-26-25(34-22)17-8-6-7-16(11-17)19-12-20(30-29-19)23(31)28-21(14-33-3)15-9-10-15/h6-8,11-13,15,18,21H,4-5,9-10,14H2,1-3H3,(H,27,32)(H,28,31)(H,29,30). The molecule has 9 nitrogen and oxygen atoms in total. The summed E-state index contributed by atoms with van der Waals surface area (Å²) in [6, 6.07) is 9.32. The first-order valence-corrected chi connectivity index (χ1v) is 11.7. The molecule has 0 aliphatic heterocycles. The number of carbonyl (C=O) groups is 2. The van der Waals surface area contributed by atoms with Gasteiger partial charge in [-0.3, -0.25) is 14.7 Å². The highest BCUT2D eigenvalue weighted by molar-refractivity contribution is 5.94. The number of ether oxygens (including phenoxy) is 1. The van der Waals surface area contributed by atoms with Gasteiger partial charge in [-0.15, -0.1) is 0 Å². The molecule has 34 heavy (non-hydrogen) atoms. The van der Waals surface area contributed by atoms with Crippen LogP contribution in [0.4, 0.5) is 0 Å². The number of nitrogens with zero attached hydrogens (tertiary/aromatic N) is 2. The van der Waals surface area contributed by atoms with Gasteiger partial charge in [0, 0.05) is 24.3 Å². The largest absolute Gasteiger partial charge is 0.431 e. The Hall–Kier alpha value is -3.46. The van der Waals surface area contributed by atoms with Crippen LogP contribution in [0.3, 0.4) is 0 Å². The second kappa shape index (κ2) is 10.6. The van der Waals surface area contributed by atoms with Gasteiger partial charge in [0.05, 0.1) is 24.5 Å². The summed E-state index contributed by atoms with van der Waals surface area (Å²) < 4.78 is 11.0. The molecule has 2 aromatic heterocycles. The number of oxazole rings is 1. The molecule has 1 fully saturated rings. The normalized spacial score (nSPS) is 14.2. The van der Waals surface area contributed by atoms with Crippen molar-refractivity contribution >= 4 is 11.8 Å². The molecule has 180 valence electrons. The van der Waals surface area contributed by atoms with Crippen LogP contribution in [0.25, 0.3) is 22.7 Å². The third-order valence-electron chi connectivity index (χ3n) is 6.14. The van der Waals surface area contributed by atoms with Gasteiger partial charge in [-0.1, -0.05) is 26.0 Å². The van der Waals surface area contributed by atoms with Crippen LogP contribution < -0.4 is 10.6 Å². The van der Waals surface area contributed by atoms with Crippen molar-refractivity contribution in [1.29, 1.82) is 0 Å². The molecule has 3 aromatic rings. The number of benzene rings is 1. The summed E-state index contributed by atoms with van der Waals surface area (Å²) in [5, 5.41) is 13.1. The third kappa shape index (κ3) is 5.53. The van der Waals surface area contributed by atoms with Crippen molar-refractivity contribution in [2.75, 3.05) is 13.7 Å². The Bertz CT molecular complexity index is 1130. The second-order valence-corrected chi connectivity index (χ2v) is 8.64. The predicted molar refractivity (Wildman–Crippen MR) is 127 cm³/mol. The van der Waals surface area contributed by atoms with Crippen molar-refractivity contribution in [2.45, 2.75) is 51.6 Å². The first-order chi connectivity index (χ1) is 16.5. The van der Waals surface area contributed by atoms with E-state index in [0.717, 1.165) is 31.2 Å². The van der Waals surface area contributed by atoms with Crippen LogP contribution in [0.5, 0.6) is 0 Å². The second-order valence-electron chi connectivity index (χ2n) is 8.64. The van der Waals surface area contributed by atoms with E-state index in [2.05, 4.69) is 25.8 Å². The van der Waals surface area contributed by atoms with E-state index in [1.54, 1.807) is 13.2 Å². The fourth-order valence-electron chi connectivity index (χ4n) is 3.88. The summed E-state index contributed by atoms with van der Waals surface area (Å²) >= 11 is 0. The van der Waals surface area contributed by atoms with Gasteiger partial charge in [0.15, 0.2) is 5.69 Å². The zero-order valence-electron chi connectivity index (χ0n) is 19.8. The number of aromatic amines is 1. The Morgan fingerprint density at radius 2 is 1.91 bits per heavy atom. The summed E-state index contributed by atoms with van der Waals surface area (Å²) in [6.45, 7) is 4.55. The zero-order chi connectivity index (χ0) is 24.1. The molecule has 2 amide bonds. The Balaban J connectivity index is 1.46. The Morgan fingerprint density at radius 1 is 1.15 bits per heavy atom. The molecule has 1 aromatic carbocycles. The maximum Gasteiger partial charge on any atom is 0.288 e. The molecule has 1 unspecified atom stereocenters. The molecule has 1 aliphatic rings. The third-order valence-corrected chi connectivity index (χ3v) is 6.14. The number of carbonyl (C=O) groups excluding carboxylic acids is 2. The number of amides is 2. The summed E-state index contributed by atoms with van der Waals surface area (Å²) in [5.41, 5.74) is 2.55. The van der Waals surface area contributed by atoms with Gasteiger partial charge in [-0.2, -0.15) is 5.10 Å². The minimum Gasteiger partial charge on any atom is -0.431 e. The molecule has 0 bridgehead atoms. The van der Waals surface area contributed by atoms with Gasteiger partial charge in [-0.25, -0.2) is 4.98 Å². The minimum atomic E-state index is -0.272.